The standard InChI is InChI=1S/C23H22BrF2N5O2/c24-22-21(26)20(17(25)10-29-22)23(6-1-7-23)33-13-19(32)30-11-15-3-4-16(12-30)31(15)18-5-2-14(8-27)9-28-18/h2,5,9-10,15-16H,1,3-4,6-7,11-13H2/t15-,16?/m0/s1. The lowest BCUT2D eigenvalue weighted by Gasteiger charge is -2.44. The highest BCUT2D eigenvalue weighted by molar-refractivity contribution is 9.10. The number of aromatic nitrogens is 2. The Labute approximate surface area is 198 Å². The summed E-state index contributed by atoms with van der Waals surface area (Å²) in [5, 5.41) is 8.99. The van der Waals surface area contributed by atoms with E-state index < -0.39 is 17.2 Å². The maximum Gasteiger partial charge on any atom is 0.248 e. The monoisotopic (exact) mass is 517 g/mol. The number of hydrogen-bond acceptors (Lipinski definition) is 6. The molecule has 1 amide bonds. The predicted octanol–water partition coefficient (Wildman–Crippen LogP) is 3.66. The SMILES string of the molecule is N#Cc1ccc(N2C3CC[C@H]2CN(C(=O)COC2(c4c(F)cnc(Br)c4F)CCC2)C3)nc1. The van der Waals surface area contributed by atoms with Gasteiger partial charge in [-0.3, -0.25) is 4.79 Å². The van der Waals surface area contributed by atoms with E-state index in [1.165, 1.54) is 0 Å². The molecule has 1 saturated carbocycles. The van der Waals surface area contributed by atoms with Crippen LogP contribution < -0.4 is 4.90 Å². The van der Waals surface area contributed by atoms with Gasteiger partial charge in [0.25, 0.3) is 0 Å². The molecule has 0 N–H and O–H groups in total. The van der Waals surface area contributed by atoms with Crippen molar-refractivity contribution in [2.24, 2.45) is 0 Å². The van der Waals surface area contributed by atoms with Crippen LogP contribution in [0.3, 0.4) is 0 Å². The van der Waals surface area contributed by atoms with Crippen molar-refractivity contribution in [3.8, 4) is 6.07 Å². The molecule has 0 radical (unpaired) electrons. The molecule has 2 aromatic rings. The zero-order valence-corrected chi connectivity index (χ0v) is 19.4. The van der Waals surface area contributed by atoms with Gasteiger partial charge in [0.2, 0.25) is 5.91 Å². The Kier molecular flexibility index (Phi) is 5.79. The summed E-state index contributed by atoms with van der Waals surface area (Å²) in [6, 6.07) is 5.94. The number of halogens is 3. The molecule has 0 spiro atoms. The number of anilines is 1. The van der Waals surface area contributed by atoms with Gasteiger partial charge in [0.05, 0.1) is 22.9 Å². The molecule has 7 nitrogen and oxygen atoms in total. The van der Waals surface area contributed by atoms with Gasteiger partial charge in [-0.1, -0.05) is 0 Å². The van der Waals surface area contributed by atoms with E-state index in [4.69, 9.17) is 10.00 Å². The molecule has 2 atom stereocenters. The lowest BCUT2D eigenvalue weighted by molar-refractivity contribution is -0.155. The van der Waals surface area contributed by atoms with Crippen LogP contribution in [0.4, 0.5) is 14.6 Å². The van der Waals surface area contributed by atoms with Crippen molar-refractivity contribution in [3.05, 3.63) is 51.9 Å². The van der Waals surface area contributed by atoms with Gasteiger partial charge in [-0.05, 0) is 60.2 Å². The summed E-state index contributed by atoms with van der Waals surface area (Å²) in [5.74, 6) is -0.903. The molecule has 2 aliphatic heterocycles. The van der Waals surface area contributed by atoms with Gasteiger partial charge < -0.3 is 14.5 Å². The molecule has 0 aromatic carbocycles. The first-order valence-electron chi connectivity index (χ1n) is 11.0. The number of carbonyl (C=O) groups is 1. The zero-order chi connectivity index (χ0) is 23.2. The summed E-state index contributed by atoms with van der Waals surface area (Å²) in [6.07, 6.45) is 6.11. The summed E-state index contributed by atoms with van der Waals surface area (Å²) in [7, 11) is 0. The summed E-state index contributed by atoms with van der Waals surface area (Å²) < 4.78 is 35.0. The maximum atomic E-state index is 14.7. The molecule has 172 valence electrons. The first-order valence-corrected chi connectivity index (χ1v) is 11.8. The van der Waals surface area contributed by atoms with Crippen LogP contribution in [0.5, 0.6) is 0 Å². The van der Waals surface area contributed by atoms with Crippen molar-refractivity contribution < 1.29 is 18.3 Å². The Morgan fingerprint density at radius 2 is 1.94 bits per heavy atom. The fraction of sp³-hybridized carbons (Fsp3) is 0.478. The van der Waals surface area contributed by atoms with Crippen LogP contribution in [0.2, 0.25) is 0 Å². The first-order chi connectivity index (χ1) is 15.9. The molecule has 1 aliphatic carbocycles. The van der Waals surface area contributed by atoms with E-state index in [0.717, 1.165) is 31.3 Å². The number of piperazine rings is 1. The molecule has 2 aromatic heterocycles. The minimum atomic E-state index is -1.14. The van der Waals surface area contributed by atoms with E-state index >= 15 is 0 Å². The molecule has 10 heteroatoms. The fourth-order valence-electron chi connectivity index (χ4n) is 5.20. The average Bonchev–Trinajstić information content (AvgIpc) is 3.06. The third kappa shape index (κ3) is 3.87. The number of ether oxygens (including phenoxy) is 1. The van der Waals surface area contributed by atoms with E-state index in [2.05, 4.69) is 36.9 Å². The molecular weight excluding hydrogens is 496 g/mol. The molecule has 4 heterocycles. The highest BCUT2D eigenvalue weighted by Gasteiger charge is 2.46. The van der Waals surface area contributed by atoms with Crippen LogP contribution in [0.15, 0.2) is 29.1 Å². The Bertz CT molecular complexity index is 1110. The summed E-state index contributed by atoms with van der Waals surface area (Å²) in [6.45, 7) is 0.848. The van der Waals surface area contributed by atoms with Gasteiger partial charge >= 0.3 is 0 Å². The van der Waals surface area contributed by atoms with Crippen LogP contribution in [0.25, 0.3) is 0 Å². The maximum absolute atomic E-state index is 14.7. The van der Waals surface area contributed by atoms with Crippen molar-refractivity contribution in [3.63, 3.8) is 0 Å². The number of rotatable bonds is 5. The van der Waals surface area contributed by atoms with Gasteiger partial charge in [-0.25, -0.2) is 18.7 Å². The molecule has 2 saturated heterocycles. The Hall–Kier alpha value is -2.64. The molecule has 3 aliphatic rings. The third-order valence-corrected chi connectivity index (χ3v) is 7.55. The van der Waals surface area contributed by atoms with Crippen molar-refractivity contribution in [1.29, 1.82) is 5.26 Å². The Morgan fingerprint density at radius 3 is 2.52 bits per heavy atom. The van der Waals surface area contributed by atoms with E-state index in [1.807, 2.05) is 6.07 Å². The minimum absolute atomic E-state index is 0.0655. The second-order valence-electron chi connectivity index (χ2n) is 8.83. The van der Waals surface area contributed by atoms with Gasteiger partial charge in [-0.2, -0.15) is 5.26 Å². The number of carbonyl (C=O) groups excluding carboxylic acids is 1. The topological polar surface area (TPSA) is 82.4 Å². The van der Waals surface area contributed by atoms with Crippen molar-refractivity contribution in [1.82, 2.24) is 14.9 Å². The van der Waals surface area contributed by atoms with Crippen LogP contribution in [-0.4, -0.2) is 52.6 Å². The molecule has 3 fully saturated rings. The number of nitriles is 1. The summed E-state index contributed by atoms with van der Waals surface area (Å²) >= 11 is 3.01. The lowest BCUT2D eigenvalue weighted by atomic mass is 9.74. The van der Waals surface area contributed by atoms with E-state index in [0.29, 0.717) is 31.5 Å². The summed E-state index contributed by atoms with van der Waals surface area (Å²) in [5.41, 5.74) is -0.779. The lowest BCUT2D eigenvalue weighted by Crippen LogP contribution is -2.56. The van der Waals surface area contributed by atoms with Crippen LogP contribution in [0, 0.1) is 23.0 Å². The number of fused-ring (bicyclic) bond motifs is 2. The predicted molar refractivity (Wildman–Crippen MR) is 118 cm³/mol. The fourth-order valence-corrected chi connectivity index (χ4v) is 5.50. The van der Waals surface area contributed by atoms with Crippen molar-refractivity contribution in [2.75, 3.05) is 24.6 Å². The van der Waals surface area contributed by atoms with Gasteiger partial charge in [0, 0.05) is 31.4 Å². The number of hydrogen-bond donors (Lipinski definition) is 0. The second kappa shape index (κ2) is 8.61. The smallest absolute Gasteiger partial charge is 0.248 e. The highest BCUT2D eigenvalue weighted by atomic mass is 79.9. The third-order valence-electron chi connectivity index (χ3n) is 7.00. The summed E-state index contributed by atoms with van der Waals surface area (Å²) in [4.78, 5) is 25.1. The van der Waals surface area contributed by atoms with Gasteiger partial charge in [0.15, 0.2) is 11.6 Å². The number of nitrogens with zero attached hydrogens (tertiary/aromatic N) is 5. The van der Waals surface area contributed by atoms with Crippen LogP contribution in [0.1, 0.15) is 43.2 Å². The number of pyridine rings is 2. The molecule has 5 rings (SSSR count). The van der Waals surface area contributed by atoms with E-state index in [-0.39, 0.29) is 34.8 Å². The van der Waals surface area contributed by atoms with Crippen LogP contribution >= 0.6 is 15.9 Å². The number of amides is 1. The Balaban J connectivity index is 1.26. The largest absolute Gasteiger partial charge is 0.360 e. The second-order valence-corrected chi connectivity index (χ2v) is 9.58. The molecule has 1 unspecified atom stereocenters. The number of likely N-dealkylation sites (tertiary alicyclic amines) is 1. The quantitative estimate of drug-likeness (QED) is 0.562. The normalized spacial score (nSPS) is 23.2. The van der Waals surface area contributed by atoms with E-state index in [1.54, 1.807) is 17.2 Å². The van der Waals surface area contributed by atoms with Gasteiger partial charge in [0.1, 0.15) is 23.1 Å². The van der Waals surface area contributed by atoms with Gasteiger partial charge in [-0.15, -0.1) is 0 Å². The molecular formula is C23H22BrF2N5O2. The highest BCUT2D eigenvalue weighted by Crippen LogP contribution is 2.47. The first kappa shape index (κ1) is 22.2. The van der Waals surface area contributed by atoms with E-state index in [9.17, 15) is 13.6 Å². The van der Waals surface area contributed by atoms with Crippen LogP contribution in [-0.2, 0) is 15.1 Å². The Morgan fingerprint density at radius 1 is 1.21 bits per heavy atom. The minimum Gasteiger partial charge on any atom is -0.360 e. The molecule has 33 heavy (non-hydrogen) atoms. The zero-order valence-electron chi connectivity index (χ0n) is 17.8. The van der Waals surface area contributed by atoms with Crippen molar-refractivity contribution in [2.45, 2.75) is 49.8 Å². The average molecular weight is 518 g/mol. The molecule has 2 bridgehead atoms. The van der Waals surface area contributed by atoms with Crippen molar-refractivity contribution >= 4 is 27.7 Å².